The fourth-order valence-corrected chi connectivity index (χ4v) is 1.51. The molecule has 0 saturated heterocycles. The molecule has 1 aromatic rings. The highest BCUT2D eigenvalue weighted by Crippen LogP contribution is 2.21. The Morgan fingerprint density at radius 1 is 1.39 bits per heavy atom. The van der Waals surface area contributed by atoms with E-state index in [1.165, 1.54) is 7.11 Å². The molecule has 0 unspecified atom stereocenters. The van der Waals surface area contributed by atoms with E-state index in [4.69, 9.17) is 15.2 Å². The Hall–Kier alpha value is -1.75. The number of methoxy groups -OCH3 is 1. The van der Waals surface area contributed by atoms with Crippen LogP contribution < -0.4 is 10.5 Å². The Morgan fingerprint density at radius 3 is 2.72 bits per heavy atom. The van der Waals surface area contributed by atoms with Crippen LogP contribution in [0.15, 0.2) is 18.2 Å². The lowest BCUT2D eigenvalue weighted by Gasteiger charge is -2.11. The summed E-state index contributed by atoms with van der Waals surface area (Å²) in [5.74, 6) is 0.0692. The number of hydrogen-bond acceptors (Lipinski definition) is 5. The maximum Gasteiger partial charge on any atom is 0.341 e. The van der Waals surface area contributed by atoms with Crippen LogP contribution in [0.5, 0.6) is 5.75 Å². The number of benzene rings is 1. The molecule has 0 bridgehead atoms. The van der Waals surface area contributed by atoms with Crippen LogP contribution in [-0.4, -0.2) is 45.2 Å². The zero-order valence-corrected chi connectivity index (χ0v) is 11.1. The molecular weight excluding hydrogens is 232 g/mol. The number of nitrogens with zero attached hydrogens (tertiary/aromatic N) is 1. The molecule has 0 amide bonds. The van der Waals surface area contributed by atoms with E-state index in [-0.39, 0.29) is 0 Å². The molecule has 0 spiro atoms. The Bertz CT molecular complexity index is 405. The summed E-state index contributed by atoms with van der Waals surface area (Å²) in [5.41, 5.74) is 6.52. The van der Waals surface area contributed by atoms with E-state index in [0.29, 0.717) is 23.6 Å². The predicted octanol–water partition coefficient (Wildman–Crippen LogP) is 1.39. The van der Waals surface area contributed by atoms with E-state index in [1.54, 1.807) is 18.2 Å². The smallest absolute Gasteiger partial charge is 0.341 e. The summed E-state index contributed by atoms with van der Waals surface area (Å²) in [6.07, 6.45) is 0.795. The first-order valence-corrected chi connectivity index (χ1v) is 5.80. The monoisotopic (exact) mass is 252 g/mol. The molecule has 5 heteroatoms. The van der Waals surface area contributed by atoms with Crippen LogP contribution in [0.2, 0.25) is 0 Å². The Labute approximate surface area is 107 Å². The number of nitrogens with two attached hydrogens (primary N) is 1. The average molecular weight is 252 g/mol. The molecule has 0 atom stereocenters. The van der Waals surface area contributed by atoms with Crippen LogP contribution >= 0.6 is 0 Å². The minimum absolute atomic E-state index is 0.363. The summed E-state index contributed by atoms with van der Waals surface area (Å²) in [7, 11) is 5.46. The predicted molar refractivity (Wildman–Crippen MR) is 70.9 cm³/mol. The number of carbonyl (C=O) groups excluding carboxylic acids is 1. The van der Waals surface area contributed by atoms with Crippen LogP contribution in [0.25, 0.3) is 0 Å². The van der Waals surface area contributed by atoms with Crippen molar-refractivity contribution in [3.63, 3.8) is 0 Å². The number of ether oxygens (including phenoxy) is 2. The maximum absolute atomic E-state index is 11.8. The first-order chi connectivity index (χ1) is 8.54. The zero-order valence-electron chi connectivity index (χ0n) is 11.1. The van der Waals surface area contributed by atoms with Crippen molar-refractivity contribution in [2.75, 3.05) is 40.1 Å². The van der Waals surface area contributed by atoms with Gasteiger partial charge >= 0.3 is 5.97 Å². The number of nitrogen functional groups attached to an aromatic ring is 1. The standard InChI is InChI=1S/C13H20N2O3/c1-15(2)7-4-8-18-13(16)11-9-10(14)5-6-12(11)17-3/h5-6,9H,4,7-8,14H2,1-3H3. The molecule has 0 saturated carbocycles. The quantitative estimate of drug-likeness (QED) is 0.471. The number of anilines is 1. The number of esters is 1. The van der Waals surface area contributed by atoms with Crippen molar-refractivity contribution in [1.82, 2.24) is 4.90 Å². The SMILES string of the molecule is COc1ccc(N)cc1C(=O)OCCCN(C)C. The van der Waals surface area contributed by atoms with E-state index < -0.39 is 5.97 Å². The largest absolute Gasteiger partial charge is 0.496 e. The second-order valence-electron chi connectivity index (χ2n) is 4.25. The Balaban J connectivity index is 2.58. The van der Waals surface area contributed by atoms with Gasteiger partial charge in [-0.05, 0) is 38.7 Å². The third-order valence-electron chi connectivity index (χ3n) is 2.43. The van der Waals surface area contributed by atoms with Crippen molar-refractivity contribution in [2.45, 2.75) is 6.42 Å². The van der Waals surface area contributed by atoms with E-state index in [1.807, 2.05) is 19.0 Å². The fraction of sp³-hybridized carbons (Fsp3) is 0.462. The third-order valence-corrected chi connectivity index (χ3v) is 2.43. The van der Waals surface area contributed by atoms with Crippen LogP contribution in [0, 0.1) is 0 Å². The molecule has 18 heavy (non-hydrogen) atoms. The molecule has 1 aromatic carbocycles. The van der Waals surface area contributed by atoms with Gasteiger partial charge in [0.05, 0.1) is 13.7 Å². The van der Waals surface area contributed by atoms with Gasteiger partial charge in [-0.15, -0.1) is 0 Å². The van der Waals surface area contributed by atoms with Gasteiger partial charge in [0.2, 0.25) is 0 Å². The summed E-state index contributed by atoms with van der Waals surface area (Å²) in [5, 5.41) is 0. The van der Waals surface area contributed by atoms with Gasteiger partial charge in [0.25, 0.3) is 0 Å². The minimum Gasteiger partial charge on any atom is -0.496 e. The molecule has 0 heterocycles. The van der Waals surface area contributed by atoms with E-state index >= 15 is 0 Å². The van der Waals surface area contributed by atoms with E-state index in [2.05, 4.69) is 0 Å². The van der Waals surface area contributed by atoms with Crippen molar-refractivity contribution in [1.29, 1.82) is 0 Å². The number of hydrogen-bond donors (Lipinski definition) is 1. The van der Waals surface area contributed by atoms with Crippen LogP contribution in [0.1, 0.15) is 16.8 Å². The van der Waals surface area contributed by atoms with Gasteiger partial charge in [-0.25, -0.2) is 4.79 Å². The topological polar surface area (TPSA) is 64.8 Å². The minimum atomic E-state index is -0.405. The third kappa shape index (κ3) is 4.25. The molecule has 2 N–H and O–H groups in total. The van der Waals surface area contributed by atoms with Crippen LogP contribution in [0.4, 0.5) is 5.69 Å². The highest BCUT2D eigenvalue weighted by Gasteiger charge is 2.13. The molecule has 0 fully saturated rings. The lowest BCUT2D eigenvalue weighted by Crippen LogP contribution is -2.16. The molecule has 5 nitrogen and oxygen atoms in total. The lowest BCUT2D eigenvalue weighted by atomic mass is 10.2. The second kappa shape index (κ2) is 6.86. The van der Waals surface area contributed by atoms with Gasteiger partial charge in [0.1, 0.15) is 11.3 Å². The van der Waals surface area contributed by atoms with Gasteiger partial charge in [0, 0.05) is 12.2 Å². The molecule has 0 aliphatic rings. The number of carbonyl (C=O) groups is 1. The molecule has 1 rings (SSSR count). The summed E-state index contributed by atoms with van der Waals surface area (Å²) < 4.78 is 10.3. The van der Waals surface area contributed by atoms with Gasteiger partial charge in [-0.2, -0.15) is 0 Å². The highest BCUT2D eigenvalue weighted by atomic mass is 16.5. The van der Waals surface area contributed by atoms with Gasteiger partial charge < -0.3 is 20.1 Å². The van der Waals surface area contributed by atoms with E-state index in [9.17, 15) is 4.79 Å². The second-order valence-corrected chi connectivity index (χ2v) is 4.25. The lowest BCUT2D eigenvalue weighted by molar-refractivity contribution is 0.0489. The summed E-state index contributed by atoms with van der Waals surface area (Å²) >= 11 is 0. The Kier molecular flexibility index (Phi) is 5.45. The van der Waals surface area contributed by atoms with Gasteiger partial charge in [-0.3, -0.25) is 0 Å². The van der Waals surface area contributed by atoms with Crippen molar-refractivity contribution in [3.8, 4) is 5.75 Å². The summed E-state index contributed by atoms with van der Waals surface area (Å²) in [6.45, 7) is 1.26. The van der Waals surface area contributed by atoms with Crippen LogP contribution in [-0.2, 0) is 4.74 Å². The molecule has 0 aliphatic heterocycles. The number of rotatable bonds is 6. The maximum atomic E-state index is 11.8. The highest BCUT2D eigenvalue weighted by molar-refractivity contribution is 5.93. The molecule has 0 aromatic heterocycles. The van der Waals surface area contributed by atoms with Crippen molar-refractivity contribution in [2.24, 2.45) is 0 Å². The van der Waals surface area contributed by atoms with Crippen molar-refractivity contribution >= 4 is 11.7 Å². The van der Waals surface area contributed by atoms with Crippen molar-refractivity contribution in [3.05, 3.63) is 23.8 Å². The first-order valence-electron chi connectivity index (χ1n) is 5.80. The molecular formula is C13H20N2O3. The van der Waals surface area contributed by atoms with E-state index in [0.717, 1.165) is 13.0 Å². The Morgan fingerprint density at radius 2 is 2.11 bits per heavy atom. The summed E-state index contributed by atoms with van der Waals surface area (Å²) in [6, 6.07) is 4.90. The summed E-state index contributed by atoms with van der Waals surface area (Å²) in [4.78, 5) is 13.9. The molecule has 0 radical (unpaired) electrons. The molecule has 0 aliphatic carbocycles. The van der Waals surface area contributed by atoms with Gasteiger partial charge in [-0.1, -0.05) is 0 Å². The first kappa shape index (κ1) is 14.3. The zero-order chi connectivity index (χ0) is 13.5. The van der Waals surface area contributed by atoms with Gasteiger partial charge in [0.15, 0.2) is 0 Å². The normalized spacial score (nSPS) is 10.4. The van der Waals surface area contributed by atoms with Crippen molar-refractivity contribution < 1.29 is 14.3 Å². The van der Waals surface area contributed by atoms with Crippen LogP contribution in [0.3, 0.4) is 0 Å². The molecule has 100 valence electrons. The average Bonchev–Trinajstić information content (AvgIpc) is 2.34. The fourth-order valence-electron chi connectivity index (χ4n) is 1.51.